The molecule has 1 aromatic carbocycles. The summed E-state index contributed by atoms with van der Waals surface area (Å²) in [6.07, 6.45) is 1.53. The van der Waals surface area contributed by atoms with E-state index in [0.717, 1.165) is 51.6 Å². The lowest BCUT2D eigenvalue weighted by molar-refractivity contribution is -0.131. The lowest BCUT2D eigenvalue weighted by Gasteiger charge is -2.34. The van der Waals surface area contributed by atoms with Crippen LogP contribution in [-0.4, -0.2) is 67.7 Å². The molecule has 5 nitrogen and oxygen atoms in total. The molecule has 4 rings (SSSR count). The number of para-hydroxylation sites is 1. The summed E-state index contributed by atoms with van der Waals surface area (Å²) in [5, 5.41) is 0. The van der Waals surface area contributed by atoms with Gasteiger partial charge in [-0.1, -0.05) is 25.1 Å². The first-order valence-corrected chi connectivity index (χ1v) is 9.53. The van der Waals surface area contributed by atoms with Crippen LogP contribution < -0.4 is 4.74 Å². The monoisotopic (exact) mass is 344 g/mol. The largest absolute Gasteiger partial charge is 0.493 e. The maximum Gasteiger partial charge on any atom is 0.223 e. The molecule has 0 spiro atoms. The third kappa shape index (κ3) is 3.53. The first kappa shape index (κ1) is 16.9. The summed E-state index contributed by atoms with van der Waals surface area (Å²) < 4.78 is 11.2. The zero-order chi connectivity index (χ0) is 17.2. The average molecular weight is 344 g/mol. The molecule has 3 aliphatic rings. The predicted molar refractivity (Wildman–Crippen MR) is 95.8 cm³/mol. The van der Waals surface area contributed by atoms with E-state index in [9.17, 15) is 4.79 Å². The van der Waals surface area contributed by atoms with E-state index in [-0.39, 0.29) is 5.92 Å². The first-order chi connectivity index (χ1) is 12.2. The lowest BCUT2D eigenvalue weighted by Crippen LogP contribution is -2.47. The van der Waals surface area contributed by atoms with Gasteiger partial charge in [0, 0.05) is 38.6 Å². The molecule has 0 radical (unpaired) electrons. The second-order valence-corrected chi connectivity index (χ2v) is 7.57. The summed E-state index contributed by atoms with van der Waals surface area (Å²) in [6, 6.07) is 8.64. The van der Waals surface area contributed by atoms with Crippen LogP contribution in [0.2, 0.25) is 0 Å². The topological polar surface area (TPSA) is 42.0 Å². The molecule has 5 heteroatoms. The van der Waals surface area contributed by atoms with Gasteiger partial charge in [-0.2, -0.15) is 0 Å². The average Bonchev–Trinajstić information content (AvgIpc) is 3.05. The maximum atomic E-state index is 12.9. The summed E-state index contributed by atoms with van der Waals surface area (Å²) in [4.78, 5) is 17.5. The van der Waals surface area contributed by atoms with Crippen molar-refractivity contribution in [2.75, 3.05) is 46.0 Å². The molecule has 0 unspecified atom stereocenters. The van der Waals surface area contributed by atoms with E-state index >= 15 is 0 Å². The smallest absolute Gasteiger partial charge is 0.223 e. The molecule has 3 heterocycles. The SMILES string of the molecule is C[C@@H]1CN(C(=O)C[C@@H]2CCOc3ccccc32)C[C@H]1N1CCOCC1. The summed E-state index contributed by atoms with van der Waals surface area (Å²) >= 11 is 0. The molecule has 2 fully saturated rings. The molecule has 0 saturated carbocycles. The Morgan fingerprint density at radius 1 is 1.16 bits per heavy atom. The zero-order valence-electron chi connectivity index (χ0n) is 15.0. The van der Waals surface area contributed by atoms with Crippen LogP contribution in [-0.2, 0) is 9.53 Å². The number of amides is 1. The molecule has 3 aliphatic heterocycles. The van der Waals surface area contributed by atoms with Crippen molar-refractivity contribution >= 4 is 5.91 Å². The van der Waals surface area contributed by atoms with Gasteiger partial charge in [0.25, 0.3) is 0 Å². The Morgan fingerprint density at radius 3 is 2.80 bits per heavy atom. The van der Waals surface area contributed by atoms with Crippen molar-refractivity contribution in [3.63, 3.8) is 0 Å². The lowest BCUT2D eigenvalue weighted by atomic mass is 9.90. The van der Waals surface area contributed by atoms with Crippen molar-refractivity contribution in [3.05, 3.63) is 29.8 Å². The Labute approximate surface area is 149 Å². The quantitative estimate of drug-likeness (QED) is 0.842. The number of benzene rings is 1. The molecule has 3 atom stereocenters. The molecule has 0 bridgehead atoms. The fraction of sp³-hybridized carbons (Fsp3) is 0.650. The highest BCUT2D eigenvalue weighted by Gasteiger charge is 2.37. The van der Waals surface area contributed by atoms with Crippen LogP contribution in [0.1, 0.15) is 31.2 Å². The van der Waals surface area contributed by atoms with Crippen molar-refractivity contribution in [3.8, 4) is 5.75 Å². The Kier molecular flexibility index (Phi) is 4.95. The van der Waals surface area contributed by atoms with Gasteiger partial charge in [-0.25, -0.2) is 0 Å². The molecule has 2 saturated heterocycles. The molecule has 0 N–H and O–H groups in total. The predicted octanol–water partition coefficient (Wildman–Crippen LogP) is 2.12. The van der Waals surface area contributed by atoms with Gasteiger partial charge in [0.05, 0.1) is 19.8 Å². The summed E-state index contributed by atoms with van der Waals surface area (Å²) in [6.45, 7) is 8.34. The van der Waals surface area contributed by atoms with Crippen LogP contribution >= 0.6 is 0 Å². The second-order valence-electron chi connectivity index (χ2n) is 7.57. The molecule has 1 aromatic rings. The van der Waals surface area contributed by atoms with E-state index < -0.39 is 0 Å². The number of carbonyl (C=O) groups excluding carboxylic acids is 1. The summed E-state index contributed by atoms with van der Waals surface area (Å²) in [7, 11) is 0. The van der Waals surface area contributed by atoms with Crippen molar-refractivity contribution in [1.29, 1.82) is 0 Å². The third-order valence-corrected chi connectivity index (χ3v) is 5.94. The molecular formula is C20H28N2O3. The Hall–Kier alpha value is -1.59. The molecular weight excluding hydrogens is 316 g/mol. The first-order valence-electron chi connectivity index (χ1n) is 9.53. The minimum absolute atomic E-state index is 0.287. The van der Waals surface area contributed by atoms with E-state index in [1.54, 1.807) is 0 Å². The van der Waals surface area contributed by atoms with Gasteiger partial charge in [0.1, 0.15) is 5.75 Å². The number of nitrogens with zero attached hydrogens (tertiary/aromatic N) is 2. The van der Waals surface area contributed by atoms with Crippen LogP contribution in [0.4, 0.5) is 0 Å². The zero-order valence-corrected chi connectivity index (χ0v) is 15.0. The maximum absolute atomic E-state index is 12.9. The number of morpholine rings is 1. The molecule has 25 heavy (non-hydrogen) atoms. The highest BCUT2D eigenvalue weighted by atomic mass is 16.5. The number of rotatable bonds is 3. The molecule has 1 amide bonds. The van der Waals surface area contributed by atoms with Crippen LogP contribution in [0.5, 0.6) is 5.75 Å². The number of likely N-dealkylation sites (tertiary alicyclic amines) is 1. The molecule has 136 valence electrons. The Morgan fingerprint density at radius 2 is 1.96 bits per heavy atom. The summed E-state index contributed by atoms with van der Waals surface area (Å²) in [5.41, 5.74) is 1.19. The molecule has 0 aromatic heterocycles. The van der Waals surface area contributed by atoms with Gasteiger partial charge in [-0.05, 0) is 29.9 Å². The van der Waals surface area contributed by atoms with Crippen molar-refractivity contribution in [2.45, 2.75) is 31.7 Å². The van der Waals surface area contributed by atoms with Gasteiger partial charge in [0.15, 0.2) is 0 Å². The Balaban J connectivity index is 1.39. The standard InChI is InChI=1S/C20H28N2O3/c1-15-13-22(14-18(15)21-7-10-24-11-8-21)20(23)12-16-6-9-25-19-5-3-2-4-17(16)19/h2-5,15-16,18H,6-14H2,1H3/t15-,16+,18-/m1/s1. The molecule has 0 aliphatic carbocycles. The highest BCUT2D eigenvalue weighted by molar-refractivity contribution is 5.77. The number of carbonyl (C=O) groups is 1. The van der Waals surface area contributed by atoms with Gasteiger partial charge in [0.2, 0.25) is 5.91 Å². The van der Waals surface area contributed by atoms with Crippen LogP contribution in [0, 0.1) is 5.92 Å². The van der Waals surface area contributed by atoms with Gasteiger partial charge < -0.3 is 14.4 Å². The van der Waals surface area contributed by atoms with E-state index in [4.69, 9.17) is 9.47 Å². The minimum Gasteiger partial charge on any atom is -0.493 e. The minimum atomic E-state index is 0.287. The van der Waals surface area contributed by atoms with Crippen molar-refractivity contribution < 1.29 is 14.3 Å². The number of hydrogen-bond donors (Lipinski definition) is 0. The fourth-order valence-electron chi connectivity index (χ4n) is 4.51. The third-order valence-electron chi connectivity index (χ3n) is 5.94. The van der Waals surface area contributed by atoms with E-state index in [1.807, 2.05) is 18.2 Å². The summed E-state index contributed by atoms with van der Waals surface area (Å²) in [5.74, 6) is 2.07. The van der Waals surface area contributed by atoms with Crippen LogP contribution in [0.3, 0.4) is 0 Å². The van der Waals surface area contributed by atoms with E-state index in [0.29, 0.717) is 30.9 Å². The Bertz CT molecular complexity index is 615. The van der Waals surface area contributed by atoms with E-state index in [1.165, 1.54) is 5.56 Å². The van der Waals surface area contributed by atoms with Gasteiger partial charge >= 0.3 is 0 Å². The number of ether oxygens (including phenoxy) is 2. The van der Waals surface area contributed by atoms with Crippen molar-refractivity contribution in [1.82, 2.24) is 9.80 Å². The number of hydrogen-bond acceptors (Lipinski definition) is 4. The van der Waals surface area contributed by atoms with Crippen LogP contribution in [0.15, 0.2) is 24.3 Å². The van der Waals surface area contributed by atoms with Gasteiger partial charge in [-0.3, -0.25) is 9.69 Å². The normalized spacial score (nSPS) is 30.0. The van der Waals surface area contributed by atoms with Crippen LogP contribution in [0.25, 0.3) is 0 Å². The van der Waals surface area contributed by atoms with Gasteiger partial charge in [-0.15, -0.1) is 0 Å². The van der Waals surface area contributed by atoms with Crippen molar-refractivity contribution in [2.24, 2.45) is 5.92 Å². The highest BCUT2D eigenvalue weighted by Crippen LogP contribution is 2.36. The van der Waals surface area contributed by atoms with E-state index in [2.05, 4.69) is 22.8 Å². The second kappa shape index (κ2) is 7.34. The number of fused-ring (bicyclic) bond motifs is 1. The fourth-order valence-corrected chi connectivity index (χ4v) is 4.51.